The van der Waals surface area contributed by atoms with E-state index in [2.05, 4.69) is 31.2 Å². The molecular weight excluding hydrogens is 314 g/mol. The molecule has 0 unspecified atom stereocenters. The van der Waals surface area contributed by atoms with Gasteiger partial charge in [-0.2, -0.15) is 0 Å². The summed E-state index contributed by atoms with van der Waals surface area (Å²) in [5.41, 5.74) is 2.05. The van der Waals surface area contributed by atoms with Crippen molar-refractivity contribution in [1.29, 1.82) is 0 Å². The summed E-state index contributed by atoms with van der Waals surface area (Å²) in [7, 11) is 0. The minimum atomic E-state index is -0.234. The number of anilines is 1. The van der Waals surface area contributed by atoms with Crippen molar-refractivity contribution in [3.05, 3.63) is 37.9 Å². The Morgan fingerprint density at radius 1 is 1.33 bits per heavy atom. The number of hydrogen-bond donors (Lipinski definition) is 1. The molecule has 0 radical (unpaired) electrons. The summed E-state index contributed by atoms with van der Waals surface area (Å²) in [5, 5.41) is 5.48. The largest absolute Gasteiger partial charge is 0.304 e. The molecule has 0 bridgehead atoms. The summed E-state index contributed by atoms with van der Waals surface area (Å²) in [6.07, 6.45) is 0. The van der Waals surface area contributed by atoms with Crippen LogP contribution in [-0.2, 0) is 0 Å². The smallest absolute Gasteiger partial charge is 0.275 e. The van der Waals surface area contributed by atoms with E-state index in [1.54, 1.807) is 0 Å². The summed E-state index contributed by atoms with van der Waals surface area (Å²) in [6.45, 7) is 5.61. The first-order valence-corrected chi connectivity index (χ1v) is 7.02. The lowest BCUT2D eigenvalue weighted by molar-refractivity contribution is 0.102. The Morgan fingerprint density at radius 2 is 2.06 bits per heavy atom. The molecule has 18 heavy (non-hydrogen) atoms. The van der Waals surface area contributed by atoms with Gasteiger partial charge in [-0.05, 0) is 32.4 Å². The number of amides is 1. The zero-order valence-corrected chi connectivity index (χ0v) is 12.6. The standard InChI is InChI=1S/C12H12BrN3OS/c1-6-4-9(13)7(2)11(14-6)12(17)16-10-5-18-8(3)15-10/h4-5H,1-3H3,(H,16,17). The Balaban J connectivity index is 2.29. The van der Waals surface area contributed by atoms with Crippen LogP contribution in [0.3, 0.4) is 0 Å². The predicted octanol–water partition coefficient (Wildman–Crippen LogP) is 3.48. The van der Waals surface area contributed by atoms with E-state index in [9.17, 15) is 4.79 Å². The minimum absolute atomic E-state index is 0.234. The number of pyridine rings is 1. The molecule has 0 aliphatic carbocycles. The van der Waals surface area contributed by atoms with Gasteiger partial charge < -0.3 is 5.32 Å². The van der Waals surface area contributed by atoms with Crippen molar-refractivity contribution < 1.29 is 4.79 Å². The summed E-state index contributed by atoms with van der Waals surface area (Å²) < 4.78 is 0.884. The molecule has 0 fully saturated rings. The van der Waals surface area contributed by atoms with Crippen LogP contribution in [0.15, 0.2) is 15.9 Å². The molecule has 0 saturated heterocycles. The average Bonchev–Trinajstić information content (AvgIpc) is 2.69. The number of aromatic nitrogens is 2. The Morgan fingerprint density at radius 3 is 2.67 bits per heavy atom. The van der Waals surface area contributed by atoms with E-state index in [0.29, 0.717) is 11.5 Å². The van der Waals surface area contributed by atoms with Gasteiger partial charge in [0.05, 0.1) is 5.01 Å². The minimum Gasteiger partial charge on any atom is -0.304 e. The van der Waals surface area contributed by atoms with Crippen molar-refractivity contribution in [3.63, 3.8) is 0 Å². The van der Waals surface area contributed by atoms with Crippen molar-refractivity contribution in [2.45, 2.75) is 20.8 Å². The number of halogens is 1. The number of carbonyl (C=O) groups excluding carboxylic acids is 1. The highest BCUT2D eigenvalue weighted by atomic mass is 79.9. The van der Waals surface area contributed by atoms with Gasteiger partial charge in [-0.3, -0.25) is 4.79 Å². The van der Waals surface area contributed by atoms with Crippen LogP contribution in [0, 0.1) is 20.8 Å². The number of carbonyl (C=O) groups is 1. The Bertz CT molecular complexity index is 609. The average molecular weight is 326 g/mol. The second-order valence-electron chi connectivity index (χ2n) is 3.92. The van der Waals surface area contributed by atoms with Gasteiger partial charge in [0.25, 0.3) is 5.91 Å². The maximum Gasteiger partial charge on any atom is 0.275 e. The van der Waals surface area contributed by atoms with E-state index in [-0.39, 0.29) is 5.91 Å². The van der Waals surface area contributed by atoms with Gasteiger partial charge in [-0.1, -0.05) is 15.9 Å². The number of rotatable bonds is 2. The molecule has 1 amide bonds. The maximum absolute atomic E-state index is 12.1. The Kier molecular flexibility index (Phi) is 3.77. The van der Waals surface area contributed by atoms with E-state index >= 15 is 0 Å². The van der Waals surface area contributed by atoms with Gasteiger partial charge in [0.1, 0.15) is 11.5 Å². The van der Waals surface area contributed by atoms with Gasteiger partial charge in [0.15, 0.2) is 0 Å². The first kappa shape index (κ1) is 13.2. The molecule has 2 rings (SSSR count). The molecule has 0 aliphatic heterocycles. The summed E-state index contributed by atoms with van der Waals surface area (Å²) in [5.74, 6) is 0.337. The van der Waals surface area contributed by atoms with Crippen LogP contribution in [0.5, 0.6) is 0 Å². The van der Waals surface area contributed by atoms with Crippen LogP contribution in [0.1, 0.15) is 26.8 Å². The van der Waals surface area contributed by atoms with Gasteiger partial charge >= 0.3 is 0 Å². The molecule has 0 aliphatic rings. The van der Waals surface area contributed by atoms with Crippen LogP contribution in [-0.4, -0.2) is 15.9 Å². The van der Waals surface area contributed by atoms with E-state index in [0.717, 1.165) is 20.7 Å². The topological polar surface area (TPSA) is 54.9 Å². The highest BCUT2D eigenvalue weighted by molar-refractivity contribution is 9.10. The fourth-order valence-corrected chi connectivity index (χ4v) is 2.58. The van der Waals surface area contributed by atoms with Crippen LogP contribution < -0.4 is 5.32 Å². The molecule has 2 heterocycles. The number of nitrogens with one attached hydrogen (secondary N) is 1. The van der Waals surface area contributed by atoms with Gasteiger partial charge in [-0.15, -0.1) is 11.3 Å². The third-order valence-electron chi connectivity index (χ3n) is 2.41. The molecule has 4 nitrogen and oxygen atoms in total. The lowest BCUT2D eigenvalue weighted by atomic mass is 10.2. The normalized spacial score (nSPS) is 10.4. The first-order valence-electron chi connectivity index (χ1n) is 5.34. The Labute approximate surface area is 118 Å². The number of aryl methyl sites for hydroxylation is 2. The monoisotopic (exact) mass is 325 g/mol. The zero-order chi connectivity index (χ0) is 13.3. The van der Waals surface area contributed by atoms with Gasteiger partial charge in [-0.25, -0.2) is 9.97 Å². The molecule has 0 aromatic carbocycles. The van der Waals surface area contributed by atoms with Crippen molar-refractivity contribution in [1.82, 2.24) is 9.97 Å². The van der Waals surface area contributed by atoms with Crippen molar-refractivity contribution in [3.8, 4) is 0 Å². The lowest BCUT2D eigenvalue weighted by Crippen LogP contribution is -2.16. The van der Waals surface area contributed by atoms with Gasteiger partial charge in [0, 0.05) is 15.5 Å². The quantitative estimate of drug-likeness (QED) is 0.919. The molecule has 0 spiro atoms. The van der Waals surface area contributed by atoms with Crippen LogP contribution in [0.25, 0.3) is 0 Å². The molecule has 94 valence electrons. The van der Waals surface area contributed by atoms with Crippen LogP contribution in [0.2, 0.25) is 0 Å². The highest BCUT2D eigenvalue weighted by Crippen LogP contribution is 2.21. The fourth-order valence-electron chi connectivity index (χ4n) is 1.51. The molecule has 0 saturated carbocycles. The maximum atomic E-state index is 12.1. The molecule has 2 aromatic rings. The predicted molar refractivity (Wildman–Crippen MR) is 76.2 cm³/mol. The lowest BCUT2D eigenvalue weighted by Gasteiger charge is -2.07. The number of hydrogen-bond acceptors (Lipinski definition) is 4. The zero-order valence-electron chi connectivity index (χ0n) is 10.2. The number of thiazole rings is 1. The molecule has 1 N–H and O–H groups in total. The van der Waals surface area contributed by atoms with Crippen molar-refractivity contribution in [2.75, 3.05) is 5.32 Å². The second kappa shape index (κ2) is 5.16. The SMILES string of the molecule is Cc1cc(Br)c(C)c(C(=O)Nc2csc(C)n2)n1. The second-order valence-corrected chi connectivity index (χ2v) is 5.84. The molecule has 6 heteroatoms. The van der Waals surface area contributed by atoms with E-state index < -0.39 is 0 Å². The summed E-state index contributed by atoms with van der Waals surface area (Å²) in [4.78, 5) is 20.6. The first-order chi connectivity index (χ1) is 8.47. The van der Waals surface area contributed by atoms with Crippen LogP contribution >= 0.6 is 27.3 Å². The molecule has 2 aromatic heterocycles. The number of nitrogens with zero attached hydrogens (tertiary/aromatic N) is 2. The van der Waals surface area contributed by atoms with E-state index in [1.807, 2.05) is 32.2 Å². The van der Waals surface area contributed by atoms with E-state index in [1.165, 1.54) is 11.3 Å². The van der Waals surface area contributed by atoms with Crippen LogP contribution in [0.4, 0.5) is 5.82 Å². The summed E-state index contributed by atoms with van der Waals surface area (Å²) in [6, 6.07) is 1.89. The molecule has 0 atom stereocenters. The summed E-state index contributed by atoms with van der Waals surface area (Å²) >= 11 is 4.92. The third-order valence-corrected chi connectivity index (χ3v) is 4.01. The van der Waals surface area contributed by atoms with Crippen molar-refractivity contribution in [2.24, 2.45) is 0 Å². The third kappa shape index (κ3) is 2.76. The fraction of sp³-hybridized carbons (Fsp3) is 0.250. The Hall–Kier alpha value is -1.27. The molecular formula is C12H12BrN3OS. The highest BCUT2D eigenvalue weighted by Gasteiger charge is 2.15. The van der Waals surface area contributed by atoms with Gasteiger partial charge in [0.2, 0.25) is 0 Å². The van der Waals surface area contributed by atoms with Crippen molar-refractivity contribution >= 4 is 39.0 Å². The van der Waals surface area contributed by atoms with E-state index in [4.69, 9.17) is 0 Å².